The van der Waals surface area contributed by atoms with E-state index in [0.29, 0.717) is 0 Å². The molecule has 2 aromatic carbocycles. The van der Waals surface area contributed by atoms with Gasteiger partial charge in [-0.15, -0.1) is 0 Å². The Kier molecular flexibility index (Phi) is 4.77. The molecule has 1 amide bonds. The summed E-state index contributed by atoms with van der Waals surface area (Å²) < 4.78 is 2.03. The van der Waals surface area contributed by atoms with Crippen LogP contribution in [0.4, 0.5) is 0 Å². The van der Waals surface area contributed by atoms with Crippen molar-refractivity contribution in [3.05, 3.63) is 78.0 Å². The van der Waals surface area contributed by atoms with Crippen molar-refractivity contribution in [1.82, 2.24) is 9.88 Å². The van der Waals surface area contributed by atoms with Crippen LogP contribution in [0.3, 0.4) is 0 Å². The fourth-order valence-corrected chi connectivity index (χ4v) is 2.62. The minimum Gasteiger partial charge on any atom is -0.387 e. The zero-order chi connectivity index (χ0) is 16.9. The van der Waals surface area contributed by atoms with Gasteiger partial charge in [0.1, 0.15) is 0 Å². The van der Waals surface area contributed by atoms with E-state index in [0.717, 1.165) is 22.0 Å². The molecular weight excluding hydrogens is 300 g/mol. The highest BCUT2D eigenvalue weighted by Crippen LogP contribution is 2.20. The van der Waals surface area contributed by atoms with Crippen LogP contribution in [0.2, 0.25) is 0 Å². The van der Waals surface area contributed by atoms with Gasteiger partial charge >= 0.3 is 0 Å². The quantitative estimate of drug-likeness (QED) is 0.710. The van der Waals surface area contributed by atoms with Gasteiger partial charge in [-0.25, -0.2) is 0 Å². The number of nitrogens with one attached hydrogen (secondary N) is 1. The molecule has 2 N–H and O–H groups in total. The molecule has 3 rings (SSSR count). The van der Waals surface area contributed by atoms with Crippen LogP contribution in [0.5, 0.6) is 0 Å². The predicted octanol–water partition coefficient (Wildman–Crippen LogP) is 3.04. The second kappa shape index (κ2) is 7.15. The van der Waals surface area contributed by atoms with Gasteiger partial charge in [-0.05, 0) is 40.8 Å². The van der Waals surface area contributed by atoms with Crippen molar-refractivity contribution in [2.45, 2.75) is 6.10 Å². The molecule has 1 atom stereocenters. The summed E-state index contributed by atoms with van der Waals surface area (Å²) in [6.07, 6.45) is 4.47. The maximum Gasteiger partial charge on any atom is 0.244 e. The molecule has 1 heterocycles. The van der Waals surface area contributed by atoms with E-state index in [1.807, 2.05) is 72.4 Å². The summed E-state index contributed by atoms with van der Waals surface area (Å²) in [4.78, 5) is 11.9. The van der Waals surface area contributed by atoms with E-state index < -0.39 is 6.10 Å². The molecule has 4 heteroatoms. The molecule has 0 aliphatic heterocycles. The summed E-state index contributed by atoms with van der Waals surface area (Å²) in [5.74, 6) is -0.223. The minimum atomic E-state index is -0.733. The zero-order valence-corrected chi connectivity index (χ0v) is 13.5. The van der Waals surface area contributed by atoms with E-state index in [2.05, 4.69) is 5.32 Å². The van der Waals surface area contributed by atoms with Gasteiger partial charge in [-0.1, -0.05) is 36.4 Å². The fourth-order valence-electron chi connectivity index (χ4n) is 2.62. The number of hydrogen-bond donors (Lipinski definition) is 2. The molecule has 0 spiro atoms. The average Bonchev–Trinajstić information content (AvgIpc) is 2.99. The first-order valence-corrected chi connectivity index (χ1v) is 7.87. The summed E-state index contributed by atoms with van der Waals surface area (Å²) >= 11 is 0. The van der Waals surface area contributed by atoms with Crippen LogP contribution < -0.4 is 5.32 Å². The summed E-state index contributed by atoms with van der Waals surface area (Å²) in [5.41, 5.74) is 2.87. The largest absolute Gasteiger partial charge is 0.387 e. The number of amides is 1. The lowest BCUT2D eigenvalue weighted by molar-refractivity contribution is -0.116. The van der Waals surface area contributed by atoms with Crippen molar-refractivity contribution in [1.29, 1.82) is 0 Å². The minimum absolute atomic E-state index is 0.177. The third kappa shape index (κ3) is 3.73. The van der Waals surface area contributed by atoms with Gasteiger partial charge in [0.2, 0.25) is 5.91 Å². The van der Waals surface area contributed by atoms with Gasteiger partial charge in [0, 0.05) is 31.4 Å². The van der Waals surface area contributed by atoms with Gasteiger partial charge < -0.3 is 15.0 Å². The van der Waals surface area contributed by atoms with Crippen LogP contribution >= 0.6 is 0 Å². The van der Waals surface area contributed by atoms with Crippen molar-refractivity contribution >= 4 is 22.9 Å². The normalized spacial score (nSPS) is 12.6. The van der Waals surface area contributed by atoms with Gasteiger partial charge in [0.25, 0.3) is 0 Å². The topological polar surface area (TPSA) is 54.3 Å². The lowest BCUT2D eigenvalue weighted by atomic mass is 10.1. The van der Waals surface area contributed by atoms with Crippen molar-refractivity contribution in [2.24, 2.45) is 7.05 Å². The van der Waals surface area contributed by atoms with Gasteiger partial charge in [0.05, 0.1) is 6.10 Å². The summed E-state index contributed by atoms with van der Waals surface area (Å²) in [5, 5.41) is 14.1. The smallest absolute Gasteiger partial charge is 0.244 e. The third-order valence-electron chi connectivity index (χ3n) is 3.99. The fraction of sp³-hybridized carbons (Fsp3) is 0.150. The molecule has 0 aliphatic rings. The molecule has 0 aliphatic carbocycles. The van der Waals surface area contributed by atoms with Crippen molar-refractivity contribution in [2.75, 3.05) is 6.54 Å². The number of carbonyl (C=O) groups is 1. The number of aryl methyl sites for hydroxylation is 1. The Morgan fingerprint density at radius 1 is 1.21 bits per heavy atom. The maximum atomic E-state index is 11.9. The predicted molar refractivity (Wildman–Crippen MR) is 96.4 cm³/mol. The number of aliphatic hydroxyl groups is 1. The second-order valence-electron chi connectivity index (χ2n) is 5.75. The molecule has 1 aromatic heterocycles. The summed E-state index contributed by atoms with van der Waals surface area (Å²) in [6, 6.07) is 17.4. The molecule has 0 saturated carbocycles. The maximum absolute atomic E-state index is 11.9. The molecule has 0 bridgehead atoms. The van der Waals surface area contributed by atoms with Crippen LogP contribution in [-0.4, -0.2) is 22.1 Å². The third-order valence-corrected chi connectivity index (χ3v) is 3.99. The van der Waals surface area contributed by atoms with Crippen LogP contribution in [-0.2, 0) is 11.8 Å². The molecule has 122 valence electrons. The second-order valence-corrected chi connectivity index (χ2v) is 5.75. The SMILES string of the molecule is Cn1ccc2cc([C@@H](O)CNC(=O)/C=C/c3ccccc3)ccc21. The Balaban J connectivity index is 1.58. The van der Waals surface area contributed by atoms with Gasteiger partial charge in [-0.2, -0.15) is 0 Å². The highest BCUT2D eigenvalue weighted by Gasteiger charge is 2.10. The molecule has 0 radical (unpaired) electrons. The molecule has 0 unspecified atom stereocenters. The zero-order valence-electron chi connectivity index (χ0n) is 13.5. The Morgan fingerprint density at radius 3 is 2.79 bits per heavy atom. The van der Waals surface area contributed by atoms with Crippen molar-refractivity contribution in [3.8, 4) is 0 Å². The highest BCUT2D eigenvalue weighted by molar-refractivity contribution is 5.91. The number of nitrogens with zero attached hydrogens (tertiary/aromatic N) is 1. The van der Waals surface area contributed by atoms with Crippen LogP contribution in [0, 0.1) is 0 Å². The van der Waals surface area contributed by atoms with Crippen LogP contribution in [0.15, 0.2) is 66.9 Å². The Hall–Kier alpha value is -2.85. The van der Waals surface area contributed by atoms with E-state index in [1.165, 1.54) is 6.08 Å². The molecule has 24 heavy (non-hydrogen) atoms. The molecule has 0 fully saturated rings. The Bertz CT molecular complexity index is 866. The van der Waals surface area contributed by atoms with Gasteiger partial charge in [0.15, 0.2) is 0 Å². The van der Waals surface area contributed by atoms with E-state index in [-0.39, 0.29) is 12.5 Å². The number of fused-ring (bicyclic) bond motifs is 1. The van der Waals surface area contributed by atoms with E-state index >= 15 is 0 Å². The number of carbonyl (C=O) groups excluding carboxylic acids is 1. The molecule has 3 aromatic rings. The van der Waals surface area contributed by atoms with E-state index in [4.69, 9.17) is 0 Å². The Labute approximate surface area is 141 Å². The van der Waals surface area contributed by atoms with E-state index in [9.17, 15) is 9.90 Å². The van der Waals surface area contributed by atoms with Gasteiger partial charge in [-0.3, -0.25) is 4.79 Å². The number of aromatic nitrogens is 1. The molecule has 4 nitrogen and oxygen atoms in total. The first kappa shape index (κ1) is 16.0. The summed E-state index contributed by atoms with van der Waals surface area (Å²) in [7, 11) is 1.98. The van der Waals surface area contributed by atoms with Crippen molar-refractivity contribution < 1.29 is 9.90 Å². The van der Waals surface area contributed by atoms with Crippen molar-refractivity contribution in [3.63, 3.8) is 0 Å². The number of benzene rings is 2. The highest BCUT2D eigenvalue weighted by atomic mass is 16.3. The Morgan fingerprint density at radius 2 is 2.00 bits per heavy atom. The monoisotopic (exact) mass is 320 g/mol. The first-order chi connectivity index (χ1) is 11.6. The first-order valence-electron chi connectivity index (χ1n) is 7.87. The van der Waals surface area contributed by atoms with Crippen LogP contribution in [0.25, 0.3) is 17.0 Å². The lowest BCUT2D eigenvalue weighted by Gasteiger charge is -2.12. The number of hydrogen-bond acceptors (Lipinski definition) is 2. The number of aliphatic hydroxyl groups excluding tert-OH is 1. The molecule has 0 saturated heterocycles. The standard InChI is InChI=1S/C20H20N2O2/c1-22-12-11-16-13-17(8-9-18(16)22)19(23)14-21-20(24)10-7-15-5-3-2-4-6-15/h2-13,19,23H,14H2,1H3,(H,21,24)/b10-7+/t19-/m0/s1. The number of rotatable bonds is 5. The lowest BCUT2D eigenvalue weighted by Crippen LogP contribution is -2.26. The average molecular weight is 320 g/mol. The van der Waals surface area contributed by atoms with Crippen LogP contribution in [0.1, 0.15) is 17.2 Å². The molecular formula is C20H20N2O2. The van der Waals surface area contributed by atoms with E-state index in [1.54, 1.807) is 6.08 Å². The summed E-state index contributed by atoms with van der Waals surface area (Å²) in [6.45, 7) is 0.177.